The molecule has 0 heterocycles. The van der Waals surface area contributed by atoms with Crippen LogP contribution in [0.3, 0.4) is 0 Å². The van der Waals surface area contributed by atoms with Crippen LogP contribution in [0.1, 0.15) is 40.7 Å². The second kappa shape index (κ2) is 6.44. The quantitative estimate of drug-likeness (QED) is 0.796. The van der Waals surface area contributed by atoms with Gasteiger partial charge in [-0.25, -0.2) is 0 Å². The summed E-state index contributed by atoms with van der Waals surface area (Å²) in [4.78, 5) is 2.43. The lowest BCUT2D eigenvalue weighted by atomic mass is 9.85. The molecule has 21 heavy (non-hydrogen) atoms. The van der Waals surface area contributed by atoms with Gasteiger partial charge in [0.15, 0.2) is 0 Å². The Morgan fingerprint density at radius 3 is 2.33 bits per heavy atom. The van der Waals surface area contributed by atoms with Gasteiger partial charge in [-0.2, -0.15) is 0 Å². The zero-order valence-corrected chi connectivity index (χ0v) is 13.2. The maximum absolute atomic E-state index is 2.43. The van der Waals surface area contributed by atoms with Crippen molar-refractivity contribution in [2.45, 2.75) is 45.7 Å². The molecule has 0 unspecified atom stereocenters. The topological polar surface area (TPSA) is 3.24 Å². The number of hydrogen-bond acceptors (Lipinski definition) is 1. The van der Waals surface area contributed by atoms with E-state index in [0.717, 1.165) is 13.1 Å². The molecule has 1 nitrogen and oxygen atoms in total. The van der Waals surface area contributed by atoms with Crippen molar-refractivity contribution in [3.8, 4) is 0 Å². The summed E-state index contributed by atoms with van der Waals surface area (Å²) in [7, 11) is 2.22. The molecule has 0 aromatic heterocycles. The van der Waals surface area contributed by atoms with Crippen LogP contribution < -0.4 is 0 Å². The zero-order chi connectivity index (χ0) is 14.7. The zero-order valence-electron chi connectivity index (χ0n) is 13.2. The third-order valence-corrected chi connectivity index (χ3v) is 4.60. The van der Waals surface area contributed by atoms with Crippen molar-refractivity contribution in [1.82, 2.24) is 4.90 Å². The molecule has 0 atom stereocenters. The van der Waals surface area contributed by atoms with Crippen LogP contribution >= 0.6 is 0 Å². The van der Waals surface area contributed by atoms with Crippen LogP contribution in [0.25, 0.3) is 0 Å². The number of fused-ring (bicyclic) bond motifs is 1. The van der Waals surface area contributed by atoms with Gasteiger partial charge < -0.3 is 0 Å². The molecule has 1 aliphatic rings. The molecule has 2 aromatic rings. The first-order valence-corrected chi connectivity index (χ1v) is 8.07. The Bertz CT molecular complexity index is 601. The SMILES string of the molecule is Cc1ccc(CN(C)Cc2ccccc2)c2c1CCCC2. The normalized spacial score (nSPS) is 14.2. The Balaban J connectivity index is 1.76. The average Bonchev–Trinajstić information content (AvgIpc) is 2.51. The Morgan fingerprint density at radius 2 is 1.57 bits per heavy atom. The van der Waals surface area contributed by atoms with E-state index in [1.165, 1.54) is 42.4 Å². The predicted molar refractivity (Wildman–Crippen MR) is 89.4 cm³/mol. The first kappa shape index (κ1) is 14.3. The van der Waals surface area contributed by atoms with Crippen LogP contribution in [0.15, 0.2) is 42.5 Å². The van der Waals surface area contributed by atoms with Gasteiger partial charge in [-0.3, -0.25) is 4.90 Å². The highest BCUT2D eigenvalue weighted by molar-refractivity contribution is 5.42. The smallest absolute Gasteiger partial charge is 0.0237 e. The Morgan fingerprint density at radius 1 is 0.857 bits per heavy atom. The second-order valence-corrected chi connectivity index (χ2v) is 6.36. The van der Waals surface area contributed by atoms with Gasteiger partial charge in [-0.15, -0.1) is 0 Å². The van der Waals surface area contributed by atoms with Crippen molar-refractivity contribution in [2.24, 2.45) is 0 Å². The molecule has 110 valence electrons. The fourth-order valence-corrected chi connectivity index (χ4v) is 3.51. The van der Waals surface area contributed by atoms with Gasteiger partial charge in [-0.1, -0.05) is 42.5 Å². The van der Waals surface area contributed by atoms with Crippen LogP contribution in [-0.4, -0.2) is 11.9 Å². The van der Waals surface area contributed by atoms with E-state index < -0.39 is 0 Å². The number of aryl methyl sites for hydroxylation is 1. The maximum Gasteiger partial charge on any atom is 0.0237 e. The molecular formula is C20H25N. The van der Waals surface area contributed by atoms with Crippen LogP contribution in [0, 0.1) is 6.92 Å². The first-order chi connectivity index (χ1) is 10.2. The molecule has 0 spiro atoms. The van der Waals surface area contributed by atoms with Crippen molar-refractivity contribution in [3.63, 3.8) is 0 Å². The molecule has 0 aliphatic heterocycles. The minimum absolute atomic E-state index is 1.02. The number of benzene rings is 2. The minimum atomic E-state index is 1.02. The fraction of sp³-hybridized carbons (Fsp3) is 0.400. The van der Waals surface area contributed by atoms with Gasteiger partial charge in [0.05, 0.1) is 0 Å². The summed E-state index contributed by atoms with van der Waals surface area (Å²) in [5.41, 5.74) is 7.68. The highest BCUT2D eigenvalue weighted by Gasteiger charge is 2.16. The molecule has 0 saturated carbocycles. The van der Waals surface area contributed by atoms with E-state index in [0.29, 0.717) is 0 Å². The summed E-state index contributed by atoms with van der Waals surface area (Å²) in [6.45, 7) is 4.34. The van der Waals surface area contributed by atoms with Gasteiger partial charge in [0, 0.05) is 13.1 Å². The van der Waals surface area contributed by atoms with Crippen LogP contribution in [0.4, 0.5) is 0 Å². The summed E-state index contributed by atoms with van der Waals surface area (Å²) in [6.07, 6.45) is 5.26. The number of rotatable bonds is 4. The number of nitrogens with zero attached hydrogens (tertiary/aromatic N) is 1. The van der Waals surface area contributed by atoms with Gasteiger partial charge in [0.25, 0.3) is 0 Å². The third kappa shape index (κ3) is 3.36. The minimum Gasteiger partial charge on any atom is -0.298 e. The van der Waals surface area contributed by atoms with Crippen LogP contribution in [0.5, 0.6) is 0 Å². The van der Waals surface area contributed by atoms with Crippen molar-refractivity contribution in [3.05, 3.63) is 70.3 Å². The molecule has 1 aliphatic carbocycles. The predicted octanol–water partition coefficient (Wildman–Crippen LogP) is 4.51. The molecule has 0 N–H and O–H groups in total. The summed E-state index contributed by atoms with van der Waals surface area (Å²) in [5, 5.41) is 0. The lowest BCUT2D eigenvalue weighted by Gasteiger charge is -2.24. The molecule has 0 fully saturated rings. The molecule has 0 radical (unpaired) electrons. The van der Waals surface area contributed by atoms with E-state index in [1.807, 2.05) is 0 Å². The fourth-order valence-electron chi connectivity index (χ4n) is 3.51. The average molecular weight is 279 g/mol. The Hall–Kier alpha value is -1.60. The summed E-state index contributed by atoms with van der Waals surface area (Å²) < 4.78 is 0. The molecule has 1 heteroatoms. The molecule has 0 amide bonds. The molecule has 3 rings (SSSR count). The lowest BCUT2D eigenvalue weighted by molar-refractivity contribution is 0.317. The van der Waals surface area contributed by atoms with E-state index >= 15 is 0 Å². The third-order valence-electron chi connectivity index (χ3n) is 4.60. The maximum atomic E-state index is 2.43. The van der Waals surface area contributed by atoms with E-state index in [9.17, 15) is 0 Å². The molecular weight excluding hydrogens is 254 g/mol. The monoisotopic (exact) mass is 279 g/mol. The Labute approximate surface area is 128 Å². The first-order valence-electron chi connectivity index (χ1n) is 8.07. The highest BCUT2D eigenvalue weighted by Crippen LogP contribution is 2.28. The summed E-state index contributed by atoms with van der Waals surface area (Å²) >= 11 is 0. The van der Waals surface area contributed by atoms with Gasteiger partial charge >= 0.3 is 0 Å². The van der Waals surface area contributed by atoms with E-state index in [-0.39, 0.29) is 0 Å². The summed E-state index contributed by atoms with van der Waals surface area (Å²) in [5.74, 6) is 0. The Kier molecular flexibility index (Phi) is 4.40. The van der Waals surface area contributed by atoms with E-state index in [1.54, 1.807) is 11.1 Å². The van der Waals surface area contributed by atoms with Gasteiger partial charge in [0.1, 0.15) is 0 Å². The van der Waals surface area contributed by atoms with Crippen molar-refractivity contribution in [2.75, 3.05) is 7.05 Å². The largest absolute Gasteiger partial charge is 0.298 e. The highest BCUT2D eigenvalue weighted by atomic mass is 15.1. The van der Waals surface area contributed by atoms with E-state index in [2.05, 4.69) is 61.3 Å². The standard InChI is InChI=1S/C20H25N/c1-16-12-13-18(20-11-7-6-10-19(16)20)15-21(2)14-17-8-4-3-5-9-17/h3-5,8-9,12-13H,6-7,10-11,14-15H2,1-2H3. The van der Waals surface area contributed by atoms with Crippen molar-refractivity contribution >= 4 is 0 Å². The van der Waals surface area contributed by atoms with Gasteiger partial charge in [-0.05, 0) is 67.5 Å². The summed E-state index contributed by atoms with van der Waals surface area (Å²) in [6, 6.07) is 15.4. The lowest BCUT2D eigenvalue weighted by Crippen LogP contribution is -2.19. The second-order valence-electron chi connectivity index (χ2n) is 6.36. The molecule has 2 aromatic carbocycles. The molecule has 0 bridgehead atoms. The number of hydrogen-bond donors (Lipinski definition) is 0. The molecule has 0 saturated heterocycles. The van der Waals surface area contributed by atoms with Gasteiger partial charge in [0.2, 0.25) is 0 Å². The van der Waals surface area contributed by atoms with E-state index in [4.69, 9.17) is 0 Å². The van der Waals surface area contributed by atoms with Crippen LogP contribution in [-0.2, 0) is 25.9 Å². The van der Waals surface area contributed by atoms with Crippen molar-refractivity contribution in [1.29, 1.82) is 0 Å². The van der Waals surface area contributed by atoms with Crippen molar-refractivity contribution < 1.29 is 0 Å². The van der Waals surface area contributed by atoms with Crippen LogP contribution in [0.2, 0.25) is 0 Å².